The van der Waals surface area contributed by atoms with Crippen molar-refractivity contribution < 1.29 is 0 Å². The molecule has 1 nitrogen and oxygen atoms in total. The van der Waals surface area contributed by atoms with Crippen LogP contribution in [0.2, 0.25) is 0 Å². The molecule has 2 heteroatoms. The fraction of sp³-hybridized carbons (Fsp3) is 0. The van der Waals surface area contributed by atoms with E-state index in [9.17, 15) is 0 Å². The molecule has 0 amide bonds. The molecule has 0 atom stereocenters. The highest BCUT2D eigenvalue weighted by Crippen LogP contribution is 2.15. The molecule has 1 aromatic heterocycles. The molecule has 0 aliphatic heterocycles. The zero-order valence-electron chi connectivity index (χ0n) is 8.14. The Hall–Kier alpha value is -1.83. The highest BCUT2D eigenvalue weighted by molar-refractivity contribution is 6.44. The van der Waals surface area contributed by atoms with Crippen LogP contribution in [0.15, 0.2) is 48.5 Å². The van der Waals surface area contributed by atoms with E-state index in [0.717, 1.165) is 27.3 Å². The van der Waals surface area contributed by atoms with E-state index in [-0.39, 0.29) is 0 Å². The van der Waals surface area contributed by atoms with Crippen LogP contribution >= 0.6 is 0 Å². The molecular weight excluding hydrogens is 181 g/mol. The second-order valence-corrected chi connectivity index (χ2v) is 3.56. The topological polar surface area (TPSA) is 12.9 Å². The van der Waals surface area contributed by atoms with Crippen molar-refractivity contribution >= 4 is 35.1 Å². The Labute approximate surface area is 89.2 Å². The van der Waals surface area contributed by atoms with Crippen LogP contribution in [0.3, 0.4) is 0 Å². The van der Waals surface area contributed by atoms with Crippen LogP contribution in [0.1, 0.15) is 0 Å². The van der Waals surface area contributed by atoms with E-state index < -0.39 is 0 Å². The lowest BCUT2D eigenvalue weighted by Crippen LogP contribution is -2.07. The lowest BCUT2D eigenvalue weighted by Gasteiger charge is -2.06. The Morgan fingerprint density at radius 1 is 0.733 bits per heavy atom. The van der Waals surface area contributed by atoms with Crippen molar-refractivity contribution in [2.75, 3.05) is 0 Å². The van der Waals surface area contributed by atoms with Gasteiger partial charge in [-0.05, 0) is 22.9 Å². The Balaban J connectivity index is 2.60. The summed E-state index contributed by atoms with van der Waals surface area (Å²) in [5, 5.41) is 2.05. The summed E-state index contributed by atoms with van der Waals surface area (Å²) in [6, 6.07) is 15.9. The average molecular weight is 189 g/mol. The van der Waals surface area contributed by atoms with Crippen LogP contribution in [-0.4, -0.2) is 12.8 Å². The first-order chi connectivity index (χ1) is 7.36. The van der Waals surface area contributed by atoms with Gasteiger partial charge in [-0.3, -0.25) is 0 Å². The van der Waals surface area contributed by atoms with E-state index in [1.807, 2.05) is 48.5 Å². The molecule has 0 saturated heterocycles. The van der Waals surface area contributed by atoms with Gasteiger partial charge in [-0.25, -0.2) is 4.98 Å². The zero-order chi connectivity index (χ0) is 10.3. The van der Waals surface area contributed by atoms with E-state index in [4.69, 9.17) is 7.85 Å². The van der Waals surface area contributed by atoms with Crippen LogP contribution in [0.4, 0.5) is 0 Å². The fourth-order valence-corrected chi connectivity index (χ4v) is 1.87. The van der Waals surface area contributed by atoms with Crippen molar-refractivity contribution in [1.29, 1.82) is 0 Å². The number of nitrogens with zero attached hydrogens (tertiary/aromatic N) is 1. The van der Waals surface area contributed by atoms with Crippen LogP contribution in [0, 0.1) is 0 Å². The monoisotopic (exact) mass is 189 g/mol. The van der Waals surface area contributed by atoms with Gasteiger partial charge in [-0.15, -0.1) is 0 Å². The van der Waals surface area contributed by atoms with Crippen molar-refractivity contribution in [1.82, 2.24) is 4.98 Å². The smallest absolute Gasteiger partial charge is 0.115 e. The molecule has 1 heterocycles. The molecule has 0 aliphatic rings. The first kappa shape index (κ1) is 8.48. The van der Waals surface area contributed by atoms with Gasteiger partial charge < -0.3 is 0 Å². The average Bonchev–Trinajstić information content (AvgIpc) is 2.30. The molecule has 2 radical (unpaired) electrons. The lowest BCUT2D eigenvalue weighted by molar-refractivity contribution is 1.51. The number of aromatic nitrogens is 1. The highest BCUT2D eigenvalue weighted by Gasteiger charge is 2.02. The normalized spacial score (nSPS) is 10.9. The maximum Gasteiger partial charge on any atom is 0.115 e. The minimum Gasteiger partial charge on any atom is -0.248 e. The van der Waals surface area contributed by atoms with Gasteiger partial charge in [0.2, 0.25) is 0 Å². The molecule has 0 N–H and O–H groups in total. The van der Waals surface area contributed by atoms with Crippen LogP contribution in [-0.2, 0) is 0 Å². The Morgan fingerprint density at radius 2 is 1.20 bits per heavy atom. The molecule has 0 spiro atoms. The van der Waals surface area contributed by atoms with Crippen molar-refractivity contribution in [3.05, 3.63) is 48.5 Å². The number of benzene rings is 2. The number of hydrogen-bond acceptors (Lipinski definition) is 1. The summed E-state index contributed by atoms with van der Waals surface area (Å²) in [5.41, 5.74) is 2.72. The SMILES string of the molecule is [B]c1c2ccccc2nc2ccccc12. The van der Waals surface area contributed by atoms with E-state index in [1.54, 1.807) is 0 Å². The Morgan fingerprint density at radius 3 is 1.73 bits per heavy atom. The molecule has 0 unspecified atom stereocenters. The second kappa shape index (κ2) is 3.09. The van der Waals surface area contributed by atoms with Crippen molar-refractivity contribution in [3.8, 4) is 0 Å². The summed E-state index contributed by atoms with van der Waals surface area (Å²) in [5.74, 6) is 0. The summed E-state index contributed by atoms with van der Waals surface area (Å²) < 4.78 is 0. The van der Waals surface area contributed by atoms with Crippen molar-refractivity contribution in [2.45, 2.75) is 0 Å². The van der Waals surface area contributed by atoms with Gasteiger partial charge >= 0.3 is 0 Å². The number of hydrogen-bond donors (Lipinski definition) is 0. The van der Waals surface area contributed by atoms with Gasteiger partial charge in [-0.2, -0.15) is 0 Å². The van der Waals surface area contributed by atoms with Crippen LogP contribution in [0.5, 0.6) is 0 Å². The first-order valence-electron chi connectivity index (χ1n) is 4.89. The summed E-state index contributed by atoms with van der Waals surface area (Å²) in [4.78, 5) is 4.56. The van der Waals surface area contributed by atoms with Gasteiger partial charge in [-0.1, -0.05) is 41.9 Å². The molecule has 0 bridgehead atoms. The Bertz CT molecular complexity index is 592. The quantitative estimate of drug-likeness (QED) is 0.390. The number of fused-ring (bicyclic) bond motifs is 2. The summed E-state index contributed by atoms with van der Waals surface area (Å²) in [6.07, 6.45) is 0. The van der Waals surface area contributed by atoms with Crippen LogP contribution in [0.25, 0.3) is 21.8 Å². The molecule has 3 rings (SSSR count). The third kappa shape index (κ3) is 1.22. The second-order valence-electron chi connectivity index (χ2n) is 3.56. The van der Waals surface area contributed by atoms with Gasteiger partial charge in [0.15, 0.2) is 0 Å². The maximum atomic E-state index is 6.11. The first-order valence-corrected chi connectivity index (χ1v) is 4.89. The molecule has 3 aromatic rings. The summed E-state index contributed by atoms with van der Waals surface area (Å²) >= 11 is 0. The van der Waals surface area contributed by atoms with Gasteiger partial charge in [0.25, 0.3) is 0 Å². The minimum atomic E-state index is 0.816. The Kier molecular flexibility index (Phi) is 1.75. The highest BCUT2D eigenvalue weighted by atomic mass is 14.7. The third-order valence-corrected chi connectivity index (χ3v) is 2.63. The molecule has 15 heavy (non-hydrogen) atoms. The number of pyridine rings is 1. The van der Waals surface area contributed by atoms with E-state index >= 15 is 0 Å². The molecule has 0 saturated carbocycles. The van der Waals surface area contributed by atoms with Crippen molar-refractivity contribution in [2.24, 2.45) is 0 Å². The summed E-state index contributed by atoms with van der Waals surface area (Å²) in [6.45, 7) is 0. The number of rotatable bonds is 0. The van der Waals surface area contributed by atoms with E-state index in [0.29, 0.717) is 0 Å². The maximum absolute atomic E-state index is 6.11. The predicted molar refractivity (Wildman–Crippen MR) is 64.6 cm³/mol. The van der Waals surface area contributed by atoms with E-state index in [1.165, 1.54) is 0 Å². The standard InChI is InChI=1S/C13H8BN/c14-13-9-5-1-3-7-11(9)15-12-8-4-2-6-10(12)13/h1-8H. The number of para-hydroxylation sites is 2. The molecule has 0 aliphatic carbocycles. The fourth-order valence-electron chi connectivity index (χ4n) is 1.87. The van der Waals surface area contributed by atoms with Crippen LogP contribution < -0.4 is 5.46 Å². The van der Waals surface area contributed by atoms with Gasteiger partial charge in [0, 0.05) is 0 Å². The van der Waals surface area contributed by atoms with Crippen molar-refractivity contribution in [3.63, 3.8) is 0 Å². The minimum absolute atomic E-state index is 0.816. The molecule has 68 valence electrons. The zero-order valence-corrected chi connectivity index (χ0v) is 8.14. The van der Waals surface area contributed by atoms with Gasteiger partial charge in [0.1, 0.15) is 7.85 Å². The predicted octanol–water partition coefficient (Wildman–Crippen LogP) is 2.18. The third-order valence-electron chi connectivity index (χ3n) is 2.63. The lowest BCUT2D eigenvalue weighted by atomic mass is 9.88. The largest absolute Gasteiger partial charge is 0.248 e. The molecular formula is C13H8BN. The summed E-state index contributed by atoms with van der Waals surface area (Å²) in [7, 11) is 6.11. The molecule has 2 aromatic carbocycles. The van der Waals surface area contributed by atoms with Gasteiger partial charge in [0.05, 0.1) is 11.0 Å². The van der Waals surface area contributed by atoms with E-state index in [2.05, 4.69) is 4.98 Å². The molecule has 0 fully saturated rings.